The van der Waals surface area contributed by atoms with Gasteiger partial charge in [-0.2, -0.15) is 0 Å². The first-order chi connectivity index (χ1) is 23.8. The van der Waals surface area contributed by atoms with Gasteiger partial charge in [0.1, 0.15) is 0 Å². The van der Waals surface area contributed by atoms with Gasteiger partial charge in [-0.15, -0.1) is 0 Å². The lowest BCUT2D eigenvalue weighted by molar-refractivity contribution is 1.17. The van der Waals surface area contributed by atoms with Crippen molar-refractivity contribution in [2.75, 3.05) is 0 Å². The Balaban J connectivity index is 1.11. The van der Waals surface area contributed by atoms with E-state index in [2.05, 4.69) is 179 Å². The summed E-state index contributed by atoms with van der Waals surface area (Å²) in [5.41, 5.74) is 15.0. The molecule has 0 saturated heterocycles. The predicted molar refractivity (Wildman–Crippen MR) is 202 cm³/mol. The Hall–Kier alpha value is -6.38. The molecule has 0 amide bonds. The van der Waals surface area contributed by atoms with E-state index in [0.29, 0.717) is 0 Å². The quantitative estimate of drug-likeness (QED) is 0.189. The molecule has 0 unspecified atom stereocenters. The molecular weight excluding hydrogens is 581 g/mol. The van der Waals surface area contributed by atoms with E-state index in [-0.39, 0.29) is 0 Å². The average Bonchev–Trinajstić information content (AvgIpc) is 3.78. The van der Waals surface area contributed by atoms with Crippen molar-refractivity contribution in [2.45, 2.75) is 0 Å². The second-order valence-electron chi connectivity index (χ2n) is 12.9. The van der Waals surface area contributed by atoms with E-state index in [1.165, 1.54) is 93.5 Å². The summed E-state index contributed by atoms with van der Waals surface area (Å²) in [7, 11) is 0. The van der Waals surface area contributed by atoms with Crippen LogP contribution in [0.25, 0.3) is 99.1 Å². The van der Waals surface area contributed by atoms with E-state index in [1.807, 2.05) is 0 Å². The lowest BCUT2D eigenvalue weighted by Crippen LogP contribution is -1.96. The molecule has 48 heavy (non-hydrogen) atoms. The van der Waals surface area contributed by atoms with Crippen molar-refractivity contribution >= 4 is 54.4 Å². The number of benzene rings is 8. The maximum Gasteiger partial charge on any atom is 0.0542 e. The fourth-order valence-corrected chi connectivity index (χ4v) is 8.39. The number of hydrogen-bond acceptors (Lipinski definition) is 0. The topological polar surface area (TPSA) is 9.86 Å². The molecule has 10 aromatic rings. The van der Waals surface area contributed by atoms with E-state index in [0.717, 1.165) is 5.69 Å². The summed E-state index contributed by atoms with van der Waals surface area (Å²) in [6.45, 7) is 0. The van der Waals surface area contributed by atoms with E-state index >= 15 is 0 Å². The second-order valence-corrected chi connectivity index (χ2v) is 12.9. The summed E-state index contributed by atoms with van der Waals surface area (Å²) in [4.78, 5) is 0. The number of fused-ring (bicyclic) bond motifs is 9. The lowest BCUT2D eigenvalue weighted by Gasteiger charge is -2.13. The third-order valence-electron chi connectivity index (χ3n) is 10.4. The third kappa shape index (κ3) is 3.46. The molecule has 1 aliphatic rings. The monoisotopic (exact) mass is 608 g/mol. The minimum Gasteiger partial charge on any atom is -0.309 e. The molecular formula is C46H28N2. The highest BCUT2D eigenvalue weighted by atomic mass is 15.0. The number of aromatic nitrogens is 2. The van der Waals surface area contributed by atoms with Crippen LogP contribution in [0.1, 0.15) is 0 Å². The van der Waals surface area contributed by atoms with Crippen LogP contribution in [0.5, 0.6) is 0 Å². The van der Waals surface area contributed by atoms with Crippen molar-refractivity contribution in [1.29, 1.82) is 0 Å². The lowest BCUT2D eigenvalue weighted by atomic mass is 9.96. The molecule has 2 heteroatoms. The van der Waals surface area contributed by atoms with Crippen LogP contribution >= 0.6 is 0 Å². The fourth-order valence-electron chi connectivity index (χ4n) is 8.39. The first-order valence-electron chi connectivity index (χ1n) is 16.6. The molecule has 0 aliphatic heterocycles. The van der Waals surface area contributed by atoms with Gasteiger partial charge in [0, 0.05) is 32.9 Å². The van der Waals surface area contributed by atoms with Gasteiger partial charge in [0.25, 0.3) is 0 Å². The summed E-state index contributed by atoms with van der Waals surface area (Å²) >= 11 is 0. The van der Waals surface area contributed by atoms with E-state index in [9.17, 15) is 0 Å². The molecule has 0 fully saturated rings. The highest BCUT2D eigenvalue weighted by Crippen LogP contribution is 2.48. The van der Waals surface area contributed by atoms with Crippen LogP contribution in [0.15, 0.2) is 170 Å². The van der Waals surface area contributed by atoms with Gasteiger partial charge in [0.05, 0.1) is 22.1 Å². The second kappa shape index (κ2) is 9.57. The van der Waals surface area contributed by atoms with Crippen molar-refractivity contribution in [3.8, 4) is 44.8 Å². The molecule has 2 nitrogen and oxygen atoms in total. The van der Waals surface area contributed by atoms with Crippen LogP contribution in [0.3, 0.4) is 0 Å². The van der Waals surface area contributed by atoms with E-state index < -0.39 is 0 Å². The molecule has 2 heterocycles. The van der Waals surface area contributed by atoms with Crippen molar-refractivity contribution in [2.24, 2.45) is 0 Å². The van der Waals surface area contributed by atoms with Crippen molar-refractivity contribution in [3.63, 3.8) is 0 Å². The molecule has 2 aromatic heterocycles. The highest BCUT2D eigenvalue weighted by molar-refractivity contribution is 6.17. The molecule has 0 spiro atoms. The Labute approximate surface area is 277 Å². The van der Waals surface area contributed by atoms with Crippen molar-refractivity contribution in [1.82, 2.24) is 9.13 Å². The zero-order valence-corrected chi connectivity index (χ0v) is 26.1. The SMILES string of the molecule is c1cc(-c2cc3c4c(cccc4c2)-c2ccccc2-3)cc(-n2c3ccccc3c3cc(-n4c5ccccc5c5ccccc54)ccc32)c1. The van der Waals surface area contributed by atoms with Crippen LogP contribution in [0.2, 0.25) is 0 Å². The minimum atomic E-state index is 1.16. The van der Waals surface area contributed by atoms with Crippen molar-refractivity contribution < 1.29 is 0 Å². The smallest absolute Gasteiger partial charge is 0.0542 e. The molecule has 1 aliphatic carbocycles. The number of nitrogens with zero attached hydrogens (tertiary/aromatic N) is 2. The van der Waals surface area contributed by atoms with Crippen LogP contribution in [0, 0.1) is 0 Å². The number of rotatable bonds is 3. The maximum atomic E-state index is 2.43. The van der Waals surface area contributed by atoms with Gasteiger partial charge in [0.2, 0.25) is 0 Å². The number of hydrogen-bond donors (Lipinski definition) is 0. The van der Waals surface area contributed by atoms with Gasteiger partial charge in [-0.05, 0) is 105 Å². The maximum absolute atomic E-state index is 2.43. The Morgan fingerprint density at radius 1 is 0.292 bits per heavy atom. The van der Waals surface area contributed by atoms with Crippen LogP contribution in [-0.2, 0) is 0 Å². The zero-order chi connectivity index (χ0) is 31.3. The standard InChI is InChI=1S/C46H28N2/c1-2-15-35-34(14-1)39-19-10-12-30-25-31(27-41(35)46(30)39)29-11-9-13-32(26-29)47-44-22-8-5-18-38(44)40-28-33(23-24-45(40)47)48-42-20-6-3-16-36(42)37-17-4-7-21-43(37)48/h1-28H. The van der Waals surface area contributed by atoms with Gasteiger partial charge in [-0.25, -0.2) is 0 Å². The molecule has 11 rings (SSSR count). The predicted octanol–water partition coefficient (Wildman–Crippen LogP) is 12.3. The summed E-state index contributed by atoms with van der Waals surface area (Å²) in [6.07, 6.45) is 0. The molecule has 0 radical (unpaired) electrons. The minimum absolute atomic E-state index is 1.16. The van der Waals surface area contributed by atoms with Crippen LogP contribution in [0.4, 0.5) is 0 Å². The Bertz CT molecular complexity index is 2900. The van der Waals surface area contributed by atoms with Crippen molar-refractivity contribution in [3.05, 3.63) is 170 Å². The summed E-state index contributed by atoms with van der Waals surface area (Å²) in [5.74, 6) is 0. The average molecular weight is 609 g/mol. The summed E-state index contributed by atoms with van der Waals surface area (Å²) in [6, 6.07) is 62.5. The molecule has 0 atom stereocenters. The molecule has 0 N–H and O–H groups in total. The highest BCUT2D eigenvalue weighted by Gasteiger charge is 2.22. The molecule has 0 saturated carbocycles. The van der Waals surface area contributed by atoms with E-state index in [4.69, 9.17) is 0 Å². The Kier molecular flexibility index (Phi) is 5.14. The first-order valence-corrected chi connectivity index (χ1v) is 16.6. The largest absolute Gasteiger partial charge is 0.309 e. The van der Waals surface area contributed by atoms with Gasteiger partial charge in [-0.1, -0.05) is 109 Å². The Morgan fingerprint density at radius 3 is 1.54 bits per heavy atom. The van der Waals surface area contributed by atoms with Gasteiger partial charge in [-0.3, -0.25) is 0 Å². The molecule has 8 aromatic carbocycles. The van der Waals surface area contributed by atoms with E-state index in [1.54, 1.807) is 0 Å². The fraction of sp³-hybridized carbons (Fsp3) is 0. The van der Waals surface area contributed by atoms with Gasteiger partial charge >= 0.3 is 0 Å². The van der Waals surface area contributed by atoms with Gasteiger partial charge in [0.15, 0.2) is 0 Å². The first kappa shape index (κ1) is 25.8. The number of para-hydroxylation sites is 3. The summed E-state index contributed by atoms with van der Waals surface area (Å²) in [5, 5.41) is 7.71. The normalized spacial score (nSPS) is 12.2. The van der Waals surface area contributed by atoms with Crippen LogP contribution in [-0.4, -0.2) is 9.13 Å². The molecule has 0 bridgehead atoms. The third-order valence-corrected chi connectivity index (χ3v) is 10.4. The van der Waals surface area contributed by atoms with Crippen LogP contribution < -0.4 is 0 Å². The molecule has 222 valence electrons. The zero-order valence-electron chi connectivity index (χ0n) is 26.1. The Morgan fingerprint density at radius 2 is 0.833 bits per heavy atom. The summed E-state index contributed by atoms with van der Waals surface area (Å²) < 4.78 is 4.83. The van der Waals surface area contributed by atoms with Gasteiger partial charge < -0.3 is 9.13 Å².